The lowest BCUT2D eigenvalue weighted by atomic mass is 10.0. The Labute approximate surface area is 117 Å². The molecule has 2 aromatic rings. The van der Waals surface area contributed by atoms with Gasteiger partial charge in [-0.2, -0.15) is 4.98 Å². The second-order valence-corrected chi connectivity index (χ2v) is 5.20. The lowest BCUT2D eigenvalue weighted by molar-refractivity contribution is -0.0727. The van der Waals surface area contributed by atoms with Crippen LogP contribution in [0.4, 0.5) is 5.82 Å². The Morgan fingerprint density at radius 3 is 2.85 bits per heavy atom. The number of nitrogens with two attached hydrogens (primary N) is 1. The van der Waals surface area contributed by atoms with Crippen LogP contribution < -0.4 is 16.0 Å². The van der Waals surface area contributed by atoms with Gasteiger partial charge in [0.05, 0.1) is 18.4 Å². The predicted octanol–water partition coefficient (Wildman–Crippen LogP) is 1.35. The Kier molecular flexibility index (Phi) is 3.45. The van der Waals surface area contributed by atoms with Crippen LogP contribution in [0.2, 0.25) is 0 Å². The summed E-state index contributed by atoms with van der Waals surface area (Å²) in [5, 5.41) is 0. The fourth-order valence-corrected chi connectivity index (χ4v) is 2.65. The van der Waals surface area contributed by atoms with Crippen LogP contribution in [0.5, 0.6) is 5.88 Å². The van der Waals surface area contributed by atoms with Crippen LogP contribution in [0.25, 0.3) is 5.65 Å². The summed E-state index contributed by atoms with van der Waals surface area (Å²) >= 11 is 0. The smallest absolute Gasteiger partial charge is 0.260 e. The number of hydrazine groups is 1. The van der Waals surface area contributed by atoms with Crippen molar-refractivity contribution in [3.63, 3.8) is 0 Å². The molecule has 7 nitrogen and oxygen atoms in total. The number of rotatable bonds is 3. The van der Waals surface area contributed by atoms with Crippen LogP contribution in [0.15, 0.2) is 18.6 Å². The highest BCUT2D eigenvalue weighted by molar-refractivity contribution is 5.53. The van der Waals surface area contributed by atoms with Crippen LogP contribution in [-0.4, -0.2) is 32.7 Å². The molecule has 0 amide bonds. The van der Waals surface area contributed by atoms with Gasteiger partial charge in [0, 0.05) is 25.2 Å². The van der Waals surface area contributed by atoms with Crippen LogP contribution in [-0.2, 0) is 4.74 Å². The minimum Gasteiger partial charge on any atom is -0.471 e. The zero-order valence-electron chi connectivity index (χ0n) is 11.6. The van der Waals surface area contributed by atoms with Crippen molar-refractivity contribution in [3.8, 4) is 5.88 Å². The molecule has 0 aliphatic carbocycles. The SMILES string of the molecule is CC1CC(Oc2nc(NN)cn3ccnc23)CC(C)O1. The van der Waals surface area contributed by atoms with Crippen LogP contribution in [0, 0.1) is 0 Å². The fraction of sp³-hybridized carbons (Fsp3) is 0.538. The molecule has 1 aliphatic rings. The van der Waals surface area contributed by atoms with Gasteiger partial charge in [-0.15, -0.1) is 0 Å². The van der Waals surface area contributed by atoms with Crippen molar-refractivity contribution in [2.75, 3.05) is 5.43 Å². The topological polar surface area (TPSA) is 86.7 Å². The summed E-state index contributed by atoms with van der Waals surface area (Å²) in [7, 11) is 0. The van der Waals surface area contributed by atoms with Crippen molar-refractivity contribution >= 4 is 11.5 Å². The molecule has 0 spiro atoms. The van der Waals surface area contributed by atoms with Crippen molar-refractivity contribution in [3.05, 3.63) is 18.6 Å². The maximum absolute atomic E-state index is 6.04. The van der Waals surface area contributed by atoms with Gasteiger partial charge >= 0.3 is 0 Å². The van der Waals surface area contributed by atoms with E-state index in [0.717, 1.165) is 12.8 Å². The Balaban J connectivity index is 1.87. The number of ether oxygens (including phenoxy) is 2. The van der Waals surface area contributed by atoms with Crippen LogP contribution >= 0.6 is 0 Å². The first kappa shape index (κ1) is 13.1. The maximum atomic E-state index is 6.04. The van der Waals surface area contributed by atoms with E-state index < -0.39 is 0 Å². The Bertz CT molecular complexity index is 589. The van der Waals surface area contributed by atoms with E-state index in [1.807, 2.05) is 10.6 Å². The molecule has 2 unspecified atom stereocenters. The molecule has 1 saturated heterocycles. The second kappa shape index (κ2) is 5.26. The van der Waals surface area contributed by atoms with E-state index in [-0.39, 0.29) is 18.3 Å². The molecule has 0 bridgehead atoms. The normalized spacial score (nSPS) is 26.6. The third-order valence-electron chi connectivity index (χ3n) is 3.42. The zero-order chi connectivity index (χ0) is 14.1. The van der Waals surface area contributed by atoms with Gasteiger partial charge in [0.25, 0.3) is 5.88 Å². The molecule has 3 rings (SSSR count). The van der Waals surface area contributed by atoms with Gasteiger partial charge in [-0.3, -0.25) is 4.40 Å². The average molecular weight is 277 g/mol. The standard InChI is InChI=1S/C13H19N5O2/c1-8-5-10(6-9(2)19-8)20-13-12-15-3-4-18(12)7-11(16-13)17-14/h3-4,7-10,17H,5-6,14H2,1-2H3. The number of anilines is 1. The minimum atomic E-state index is 0.0785. The van der Waals surface area contributed by atoms with E-state index in [4.69, 9.17) is 15.3 Å². The van der Waals surface area contributed by atoms with E-state index >= 15 is 0 Å². The molecule has 2 atom stereocenters. The summed E-state index contributed by atoms with van der Waals surface area (Å²) in [4.78, 5) is 8.63. The molecule has 0 aromatic carbocycles. The number of fused-ring (bicyclic) bond motifs is 1. The molecule has 108 valence electrons. The molecule has 3 N–H and O–H groups in total. The largest absolute Gasteiger partial charge is 0.471 e. The number of nitrogens with zero attached hydrogens (tertiary/aromatic N) is 3. The summed E-state index contributed by atoms with van der Waals surface area (Å²) in [6.45, 7) is 4.12. The summed E-state index contributed by atoms with van der Waals surface area (Å²) in [6.07, 6.45) is 7.46. The number of hydrogen-bond donors (Lipinski definition) is 2. The Hall–Kier alpha value is -1.86. The van der Waals surface area contributed by atoms with Gasteiger partial charge in [-0.25, -0.2) is 10.8 Å². The Morgan fingerprint density at radius 2 is 2.15 bits per heavy atom. The maximum Gasteiger partial charge on any atom is 0.260 e. The number of aromatic nitrogens is 3. The van der Waals surface area contributed by atoms with E-state index in [2.05, 4.69) is 29.2 Å². The average Bonchev–Trinajstić information content (AvgIpc) is 2.85. The van der Waals surface area contributed by atoms with Gasteiger partial charge in [-0.1, -0.05) is 0 Å². The molecular formula is C13H19N5O2. The van der Waals surface area contributed by atoms with Crippen molar-refractivity contribution in [2.45, 2.75) is 45.0 Å². The molecule has 3 heterocycles. The summed E-state index contributed by atoms with van der Waals surface area (Å²) in [6, 6.07) is 0. The van der Waals surface area contributed by atoms with Gasteiger partial charge in [0.15, 0.2) is 5.82 Å². The highest BCUT2D eigenvalue weighted by Crippen LogP contribution is 2.26. The molecule has 7 heteroatoms. The lowest BCUT2D eigenvalue weighted by Crippen LogP contribution is -2.36. The Morgan fingerprint density at radius 1 is 1.40 bits per heavy atom. The van der Waals surface area contributed by atoms with Crippen molar-refractivity contribution < 1.29 is 9.47 Å². The van der Waals surface area contributed by atoms with Crippen molar-refractivity contribution in [1.82, 2.24) is 14.4 Å². The van der Waals surface area contributed by atoms with E-state index in [0.29, 0.717) is 17.3 Å². The molecule has 1 fully saturated rings. The molecule has 20 heavy (non-hydrogen) atoms. The van der Waals surface area contributed by atoms with Gasteiger partial charge in [-0.05, 0) is 13.8 Å². The first-order chi connectivity index (χ1) is 9.65. The molecule has 0 radical (unpaired) electrons. The molecule has 0 saturated carbocycles. The van der Waals surface area contributed by atoms with Gasteiger partial charge in [0.1, 0.15) is 6.10 Å². The molecule has 2 aromatic heterocycles. The summed E-state index contributed by atoms with van der Waals surface area (Å²) < 4.78 is 13.6. The van der Waals surface area contributed by atoms with Crippen molar-refractivity contribution in [2.24, 2.45) is 5.84 Å². The van der Waals surface area contributed by atoms with Crippen molar-refractivity contribution in [1.29, 1.82) is 0 Å². The summed E-state index contributed by atoms with van der Waals surface area (Å²) in [5.41, 5.74) is 3.23. The quantitative estimate of drug-likeness (QED) is 0.650. The van der Waals surface area contributed by atoms with Crippen LogP contribution in [0.1, 0.15) is 26.7 Å². The van der Waals surface area contributed by atoms with E-state index in [1.54, 1.807) is 12.4 Å². The first-order valence-electron chi connectivity index (χ1n) is 6.78. The predicted molar refractivity (Wildman–Crippen MR) is 74.5 cm³/mol. The zero-order valence-corrected chi connectivity index (χ0v) is 11.6. The third kappa shape index (κ3) is 2.54. The highest BCUT2D eigenvalue weighted by atomic mass is 16.5. The number of imidazole rings is 1. The lowest BCUT2D eigenvalue weighted by Gasteiger charge is -2.31. The van der Waals surface area contributed by atoms with Gasteiger partial charge in [0.2, 0.25) is 5.65 Å². The highest BCUT2D eigenvalue weighted by Gasteiger charge is 2.27. The second-order valence-electron chi connectivity index (χ2n) is 5.20. The van der Waals surface area contributed by atoms with E-state index in [9.17, 15) is 0 Å². The number of nitrogens with one attached hydrogen (secondary N) is 1. The minimum absolute atomic E-state index is 0.0785. The van der Waals surface area contributed by atoms with E-state index in [1.165, 1.54) is 0 Å². The fourth-order valence-electron chi connectivity index (χ4n) is 2.65. The molecule has 1 aliphatic heterocycles. The van der Waals surface area contributed by atoms with Crippen LogP contribution in [0.3, 0.4) is 0 Å². The monoisotopic (exact) mass is 277 g/mol. The number of hydrogen-bond acceptors (Lipinski definition) is 6. The molecular weight excluding hydrogens is 258 g/mol. The first-order valence-corrected chi connectivity index (χ1v) is 6.78. The number of nitrogen functional groups attached to an aromatic ring is 1. The van der Waals surface area contributed by atoms with Gasteiger partial charge < -0.3 is 14.9 Å². The summed E-state index contributed by atoms with van der Waals surface area (Å²) in [5.74, 6) is 6.47. The third-order valence-corrected chi connectivity index (χ3v) is 3.42.